The van der Waals surface area contributed by atoms with Crippen molar-refractivity contribution >= 4 is 5.71 Å². The van der Waals surface area contributed by atoms with Gasteiger partial charge in [-0.15, -0.1) is 0 Å². The Balaban J connectivity index is 2.34. The molecule has 0 radical (unpaired) electrons. The first kappa shape index (κ1) is 9.56. The highest BCUT2D eigenvalue weighted by Gasteiger charge is 2.33. The second-order valence-electron chi connectivity index (χ2n) is 5.38. The third-order valence-corrected chi connectivity index (χ3v) is 1.81. The smallest absolute Gasteiger partial charge is 0.129 e. The lowest BCUT2D eigenvalue weighted by Crippen LogP contribution is -2.32. The summed E-state index contributed by atoms with van der Waals surface area (Å²) in [5.41, 5.74) is 1.52. The molecule has 0 amide bonds. The summed E-state index contributed by atoms with van der Waals surface area (Å²) in [5, 5.41) is 4.11. The van der Waals surface area contributed by atoms with Crippen molar-refractivity contribution in [3.8, 4) is 0 Å². The lowest BCUT2D eigenvalue weighted by atomic mass is 9.71. The highest BCUT2D eigenvalue weighted by molar-refractivity contribution is 5.90. The van der Waals surface area contributed by atoms with Crippen LogP contribution in [0.2, 0.25) is 0 Å². The predicted octanol–water partition coefficient (Wildman–Crippen LogP) is 2.98. The van der Waals surface area contributed by atoms with Crippen LogP contribution in [0.15, 0.2) is 5.16 Å². The van der Waals surface area contributed by atoms with Gasteiger partial charge in [0.05, 0.1) is 5.71 Å². The minimum absolute atomic E-state index is 0.146. The zero-order valence-electron chi connectivity index (χ0n) is 8.77. The van der Waals surface area contributed by atoms with E-state index in [1.54, 1.807) is 0 Å². The van der Waals surface area contributed by atoms with Gasteiger partial charge in [0.2, 0.25) is 0 Å². The van der Waals surface area contributed by atoms with E-state index in [1.807, 2.05) is 20.8 Å². The Hall–Kier alpha value is -0.530. The standard InChI is InChI=1S/C10H19NO/c1-9(2,3)12-11-8-6-10(4,5)7-8/h6-7H2,1-5H3. The lowest BCUT2D eigenvalue weighted by Gasteiger charge is -2.35. The molecule has 0 unspecified atom stereocenters. The highest BCUT2D eigenvalue weighted by atomic mass is 16.6. The summed E-state index contributed by atoms with van der Waals surface area (Å²) in [6.07, 6.45) is 2.17. The summed E-state index contributed by atoms with van der Waals surface area (Å²) in [6, 6.07) is 0. The maximum absolute atomic E-state index is 5.31. The van der Waals surface area contributed by atoms with Crippen LogP contribution >= 0.6 is 0 Å². The minimum Gasteiger partial charge on any atom is -0.390 e. The van der Waals surface area contributed by atoms with Crippen molar-refractivity contribution in [2.75, 3.05) is 0 Å². The van der Waals surface area contributed by atoms with E-state index in [2.05, 4.69) is 19.0 Å². The molecule has 0 spiro atoms. The van der Waals surface area contributed by atoms with Gasteiger partial charge in [-0.05, 0) is 39.0 Å². The van der Waals surface area contributed by atoms with Gasteiger partial charge in [0.15, 0.2) is 0 Å². The molecule has 1 rings (SSSR count). The van der Waals surface area contributed by atoms with Crippen molar-refractivity contribution in [2.24, 2.45) is 10.6 Å². The molecule has 0 heterocycles. The molecule has 1 saturated carbocycles. The van der Waals surface area contributed by atoms with E-state index in [1.165, 1.54) is 5.71 Å². The first-order chi connectivity index (χ1) is 5.29. The second-order valence-corrected chi connectivity index (χ2v) is 5.38. The maximum Gasteiger partial charge on any atom is 0.129 e. The molecule has 2 heteroatoms. The molecular formula is C10H19NO. The van der Waals surface area contributed by atoms with Crippen LogP contribution in [-0.2, 0) is 4.84 Å². The summed E-state index contributed by atoms with van der Waals surface area (Å²) in [4.78, 5) is 5.31. The number of nitrogens with zero attached hydrogens (tertiary/aromatic N) is 1. The molecule has 0 aromatic heterocycles. The molecule has 1 fully saturated rings. The molecule has 0 N–H and O–H groups in total. The van der Waals surface area contributed by atoms with Gasteiger partial charge in [-0.1, -0.05) is 19.0 Å². The van der Waals surface area contributed by atoms with E-state index < -0.39 is 0 Å². The maximum atomic E-state index is 5.31. The van der Waals surface area contributed by atoms with Gasteiger partial charge in [-0.25, -0.2) is 0 Å². The Bertz CT molecular complexity index is 188. The van der Waals surface area contributed by atoms with Crippen LogP contribution in [0.4, 0.5) is 0 Å². The van der Waals surface area contributed by atoms with Gasteiger partial charge in [-0.3, -0.25) is 0 Å². The molecule has 70 valence electrons. The Morgan fingerprint density at radius 3 is 2.08 bits per heavy atom. The molecule has 0 saturated heterocycles. The van der Waals surface area contributed by atoms with E-state index in [0.717, 1.165) is 12.8 Å². The average Bonchev–Trinajstić information content (AvgIpc) is 1.76. The molecular weight excluding hydrogens is 150 g/mol. The zero-order chi connectivity index (χ0) is 9.41. The minimum atomic E-state index is -0.146. The molecule has 2 nitrogen and oxygen atoms in total. The third-order valence-electron chi connectivity index (χ3n) is 1.81. The van der Waals surface area contributed by atoms with Gasteiger partial charge in [0.25, 0.3) is 0 Å². The first-order valence-corrected chi connectivity index (χ1v) is 4.52. The van der Waals surface area contributed by atoms with E-state index >= 15 is 0 Å². The fraction of sp³-hybridized carbons (Fsp3) is 0.900. The van der Waals surface area contributed by atoms with Gasteiger partial charge in [-0.2, -0.15) is 0 Å². The molecule has 0 aromatic carbocycles. The molecule has 0 atom stereocenters. The second kappa shape index (κ2) is 2.75. The molecule has 12 heavy (non-hydrogen) atoms. The summed E-state index contributed by atoms with van der Waals surface area (Å²) in [7, 11) is 0. The molecule has 1 aliphatic carbocycles. The number of hydrogen-bond acceptors (Lipinski definition) is 2. The summed E-state index contributed by atoms with van der Waals surface area (Å²) in [6.45, 7) is 10.6. The molecule has 0 aromatic rings. The molecule has 1 aliphatic rings. The van der Waals surface area contributed by atoms with E-state index in [4.69, 9.17) is 4.84 Å². The van der Waals surface area contributed by atoms with Gasteiger partial charge in [0, 0.05) is 0 Å². The topological polar surface area (TPSA) is 21.6 Å². The molecule has 0 aliphatic heterocycles. The fourth-order valence-electron chi connectivity index (χ4n) is 1.32. The number of rotatable bonds is 1. The summed E-state index contributed by atoms with van der Waals surface area (Å²) in [5.74, 6) is 0. The Kier molecular flexibility index (Phi) is 2.19. The van der Waals surface area contributed by atoms with Crippen LogP contribution in [0.5, 0.6) is 0 Å². The highest BCUT2D eigenvalue weighted by Crippen LogP contribution is 2.37. The van der Waals surface area contributed by atoms with Crippen molar-refractivity contribution in [3.05, 3.63) is 0 Å². The van der Waals surface area contributed by atoms with E-state index in [9.17, 15) is 0 Å². The Labute approximate surface area is 75.0 Å². The number of hydrogen-bond donors (Lipinski definition) is 0. The van der Waals surface area contributed by atoms with E-state index in [0.29, 0.717) is 5.41 Å². The van der Waals surface area contributed by atoms with Gasteiger partial charge in [0.1, 0.15) is 5.60 Å². The molecule has 0 bridgehead atoms. The van der Waals surface area contributed by atoms with Crippen molar-refractivity contribution < 1.29 is 4.84 Å². The largest absolute Gasteiger partial charge is 0.390 e. The fourth-order valence-corrected chi connectivity index (χ4v) is 1.32. The predicted molar refractivity (Wildman–Crippen MR) is 51.3 cm³/mol. The monoisotopic (exact) mass is 169 g/mol. The van der Waals surface area contributed by atoms with Crippen molar-refractivity contribution in [1.29, 1.82) is 0 Å². The Morgan fingerprint density at radius 2 is 1.75 bits per heavy atom. The number of oxime groups is 1. The average molecular weight is 169 g/mol. The zero-order valence-corrected chi connectivity index (χ0v) is 8.77. The third kappa shape index (κ3) is 2.84. The van der Waals surface area contributed by atoms with Crippen LogP contribution < -0.4 is 0 Å². The quantitative estimate of drug-likeness (QED) is 0.553. The van der Waals surface area contributed by atoms with Gasteiger partial charge >= 0.3 is 0 Å². The SMILES string of the molecule is CC1(C)CC(=NOC(C)(C)C)C1. The first-order valence-electron chi connectivity index (χ1n) is 4.52. The lowest BCUT2D eigenvalue weighted by molar-refractivity contribution is -0.00200. The van der Waals surface area contributed by atoms with Crippen molar-refractivity contribution in [3.63, 3.8) is 0 Å². The van der Waals surface area contributed by atoms with Gasteiger partial charge < -0.3 is 4.84 Å². The van der Waals surface area contributed by atoms with Crippen LogP contribution in [0, 0.1) is 5.41 Å². The normalized spacial score (nSPS) is 21.6. The van der Waals surface area contributed by atoms with Crippen LogP contribution in [0.1, 0.15) is 47.5 Å². The van der Waals surface area contributed by atoms with E-state index in [-0.39, 0.29) is 5.60 Å². The summed E-state index contributed by atoms with van der Waals surface area (Å²) < 4.78 is 0. The van der Waals surface area contributed by atoms with Crippen LogP contribution in [-0.4, -0.2) is 11.3 Å². The Morgan fingerprint density at radius 1 is 1.25 bits per heavy atom. The van der Waals surface area contributed by atoms with Crippen LogP contribution in [0.25, 0.3) is 0 Å². The van der Waals surface area contributed by atoms with Crippen molar-refractivity contribution in [1.82, 2.24) is 0 Å². The van der Waals surface area contributed by atoms with Crippen LogP contribution in [0.3, 0.4) is 0 Å². The summed E-state index contributed by atoms with van der Waals surface area (Å²) >= 11 is 0. The van der Waals surface area contributed by atoms with Crippen molar-refractivity contribution in [2.45, 2.75) is 53.1 Å².